The van der Waals surface area contributed by atoms with Gasteiger partial charge in [0.2, 0.25) is 11.8 Å². The first-order valence-electron chi connectivity index (χ1n) is 8.57. The Hall–Kier alpha value is -1.97. The fourth-order valence-electron chi connectivity index (χ4n) is 2.65. The molecule has 0 bridgehead atoms. The minimum absolute atomic E-state index is 0.0962. The highest BCUT2D eigenvalue weighted by Crippen LogP contribution is 2.36. The van der Waals surface area contributed by atoms with Crippen molar-refractivity contribution in [3.05, 3.63) is 42.5 Å². The third-order valence-corrected chi connectivity index (χ3v) is 7.81. The first-order chi connectivity index (χ1) is 13.3. The quantitative estimate of drug-likeness (QED) is 0.672. The Kier molecular flexibility index (Phi) is 6.36. The van der Waals surface area contributed by atoms with Crippen LogP contribution in [0.1, 0.15) is 13.3 Å². The Balaban J connectivity index is 1.66. The molecular formula is C19H20N2O4S3. The second-order valence-electron chi connectivity index (χ2n) is 6.26. The van der Waals surface area contributed by atoms with E-state index in [-0.39, 0.29) is 34.1 Å². The second kappa shape index (κ2) is 8.59. The van der Waals surface area contributed by atoms with E-state index in [4.69, 9.17) is 0 Å². The summed E-state index contributed by atoms with van der Waals surface area (Å²) in [6.07, 6.45) is 1.79. The molecule has 1 aliphatic heterocycles. The van der Waals surface area contributed by atoms with Gasteiger partial charge in [-0.3, -0.25) is 9.59 Å². The zero-order valence-electron chi connectivity index (χ0n) is 15.4. The summed E-state index contributed by atoms with van der Waals surface area (Å²) in [5.41, 5.74) is 1.13. The minimum Gasteiger partial charge on any atom is -0.326 e. The number of carbonyl (C=O) groups excluding carboxylic acids is 2. The van der Waals surface area contributed by atoms with Gasteiger partial charge in [-0.25, -0.2) is 8.42 Å². The lowest BCUT2D eigenvalue weighted by Gasteiger charge is -2.21. The van der Waals surface area contributed by atoms with E-state index in [1.807, 2.05) is 24.5 Å². The fourth-order valence-corrected chi connectivity index (χ4v) is 5.30. The summed E-state index contributed by atoms with van der Waals surface area (Å²) in [7, 11) is -3.65. The molecule has 148 valence electrons. The van der Waals surface area contributed by atoms with Crippen LogP contribution in [0.25, 0.3) is 0 Å². The Labute approximate surface area is 172 Å². The van der Waals surface area contributed by atoms with Crippen LogP contribution in [0, 0.1) is 0 Å². The fraction of sp³-hybridized carbons (Fsp3) is 0.263. The van der Waals surface area contributed by atoms with Crippen LogP contribution in [0.4, 0.5) is 11.4 Å². The number of hydrogen-bond donors (Lipinski definition) is 2. The molecule has 28 heavy (non-hydrogen) atoms. The van der Waals surface area contributed by atoms with E-state index < -0.39 is 9.84 Å². The van der Waals surface area contributed by atoms with E-state index in [1.165, 1.54) is 23.9 Å². The van der Waals surface area contributed by atoms with Gasteiger partial charge in [-0.05, 0) is 49.6 Å². The van der Waals surface area contributed by atoms with Gasteiger partial charge < -0.3 is 10.6 Å². The number of carbonyl (C=O) groups is 2. The summed E-state index contributed by atoms with van der Waals surface area (Å²) in [4.78, 5) is 25.9. The second-order valence-corrected chi connectivity index (χ2v) is 10.6. The first kappa shape index (κ1) is 20.8. The van der Waals surface area contributed by atoms with Crippen molar-refractivity contribution in [2.75, 3.05) is 22.6 Å². The summed E-state index contributed by atoms with van der Waals surface area (Å²) < 4.78 is 25.2. The Bertz CT molecular complexity index is 1020. The zero-order chi connectivity index (χ0) is 20.3. The number of benzene rings is 2. The summed E-state index contributed by atoms with van der Waals surface area (Å²) in [6.45, 7) is 1.79. The molecule has 0 aliphatic carbocycles. The Morgan fingerprint density at radius 3 is 2.79 bits per heavy atom. The van der Waals surface area contributed by atoms with Gasteiger partial charge in [0.1, 0.15) is 0 Å². The molecule has 1 heterocycles. The molecule has 9 heteroatoms. The van der Waals surface area contributed by atoms with Crippen molar-refractivity contribution in [3.8, 4) is 0 Å². The first-order valence-corrected chi connectivity index (χ1v) is 12.3. The van der Waals surface area contributed by atoms with Crippen LogP contribution in [0.3, 0.4) is 0 Å². The molecule has 0 unspecified atom stereocenters. The predicted octanol–water partition coefficient (Wildman–Crippen LogP) is 3.64. The molecule has 0 spiro atoms. The summed E-state index contributed by atoms with van der Waals surface area (Å²) in [5, 5.41) is 5.23. The lowest BCUT2D eigenvalue weighted by molar-refractivity contribution is -0.116. The normalized spacial score (nSPS) is 16.2. The zero-order valence-corrected chi connectivity index (χ0v) is 17.8. The maximum Gasteiger partial charge on any atom is 0.237 e. The summed E-state index contributed by atoms with van der Waals surface area (Å²) in [5.74, 6) is -0.825. The molecule has 0 saturated heterocycles. The molecule has 0 aromatic heterocycles. The molecule has 2 aromatic rings. The van der Waals surface area contributed by atoms with Crippen LogP contribution in [0.15, 0.2) is 57.2 Å². The lowest BCUT2D eigenvalue weighted by Crippen LogP contribution is -2.26. The summed E-state index contributed by atoms with van der Waals surface area (Å²) >= 11 is 2.95. The van der Waals surface area contributed by atoms with Crippen molar-refractivity contribution >= 4 is 56.6 Å². The highest BCUT2D eigenvalue weighted by atomic mass is 32.2. The van der Waals surface area contributed by atoms with E-state index in [0.29, 0.717) is 11.4 Å². The van der Waals surface area contributed by atoms with Gasteiger partial charge in [-0.15, -0.1) is 23.5 Å². The predicted molar refractivity (Wildman–Crippen MR) is 114 cm³/mol. The molecule has 0 radical (unpaired) electrons. The molecule has 3 rings (SSSR count). The highest BCUT2D eigenvalue weighted by molar-refractivity contribution is 8.01. The van der Waals surface area contributed by atoms with E-state index >= 15 is 0 Å². The van der Waals surface area contributed by atoms with Crippen molar-refractivity contribution in [2.24, 2.45) is 0 Å². The molecule has 2 N–H and O–H groups in total. The Morgan fingerprint density at radius 2 is 2.04 bits per heavy atom. The van der Waals surface area contributed by atoms with Crippen LogP contribution in [-0.4, -0.2) is 37.5 Å². The van der Waals surface area contributed by atoms with E-state index in [9.17, 15) is 18.0 Å². The largest absolute Gasteiger partial charge is 0.326 e. The molecule has 2 aromatic carbocycles. The number of sulfone groups is 1. The van der Waals surface area contributed by atoms with Crippen LogP contribution in [-0.2, 0) is 19.4 Å². The molecular weight excluding hydrogens is 416 g/mol. The van der Waals surface area contributed by atoms with E-state index in [0.717, 1.165) is 9.79 Å². The van der Waals surface area contributed by atoms with Gasteiger partial charge in [0.05, 0.1) is 21.6 Å². The van der Waals surface area contributed by atoms with Crippen LogP contribution >= 0.6 is 23.5 Å². The number of anilines is 2. The maximum atomic E-state index is 12.6. The topological polar surface area (TPSA) is 92.3 Å². The van der Waals surface area contributed by atoms with Crippen molar-refractivity contribution in [2.45, 2.75) is 33.3 Å². The number of nitrogens with one attached hydrogen (secondary N) is 2. The molecule has 1 atom stereocenters. The average molecular weight is 437 g/mol. The van der Waals surface area contributed by atoms with Crippen LogP contribution < -0.4 is 10.6 Å². The number of rotatable bonds is 6. The van der Waals surface area contributed by atoms with Gasteiger partial charge in [0, 0.05) is 21.9 Å². The van der Waals surface area contributed by atoms with Gasteiger partial charge >= 0.3 is 0 Å². The van der Waals surface area contributed by atoms with Crippen molar-refractivity contribution < 1.29 is 18.0 Å². The monoisotopic (exact) mass is 436 g/mol. The van der Waals surface area contributed by atoms with Gasteiger partial charge in [-0.2, -0.15) is 0 Å². The Morgan fingerprint density at radius 1 is 1.25 bits per heavy atom. The van der Waals surface area contributed by atoms with Crippen molar-refractivity contribution in [3.63, 3.8) is 0 Å². The van der Waals surface area contributed by atoms with Crippen LogP contribution in [0.5, 0.6) is 0 Å². The van der Waals surface area contributed by atoms with Crippen molar-refractivity contribution in [1.29, 1.82) is 0 Å². The standard InChI is InChI=1S/C19H20N2O4S3/c1-12-19(23)21-16-11-15(6-7-17(16)27-12)28(24,25)9-8-18(22)20-13-4-3-5-14(10-13)26-2/h3-7,10-12H,8-9H2,1-2H3,(H,20,22)(H,21,23)/t12-/m0/s1. The lowest BCUT2D eigenvalue weighted by atomic mass is 10.3. The smallest absolute Gasteiger partial charge is 0.237 e. The number of hydrogen-bond acceptors (Lipinski definition) is 6. The van der Waals surface area contributed by atoms with Gasteiger partial charge in [0.25, 0.3) is 0 Å². The van der Waals surface area contributed by atoms with Gasteiger partial charge in [0.15, 0.2) is 9.84 Å². The van der Waals surface area contributed by atoms with Crippen LogP contribution in [0.2, 0.25) is 0 Å². The average Bonchev–Trinajstić information content (AvgIpc) is 2.67. The van der Waals surface area contributed by atoms with Gasteiger partial charge in [-0.1, -0.05) is 6.07 Å². The molecule has 1 aliphatic rings. The third kappa shape index (κ3) is 4.89. The third-order valence-electron chi connectivity index (χ3n) is 4.19. The highest BCUT2D eigenvalue weighted by Gasteiger charge is 2.25. The molecule has 0 fully saturated rings. The number of thioether (sulfide) groups is 2. The SMILES string of the molecule is CSc1cccc(NC(=O)CCS(=O)(=O)c2ccc3c(c2)NC(=O)[C@H](C)S3)c1. The van der Waals surface area contributed by atoms with Crippen molar-refractivity contribution in [1.82, 2.24) is 0 Å². The number of amides is 2. The molecule has 2 amide bonds. The maximum absolute atomic E-state index is 12.6. The summed E-state index contributed by atoms with van der Waals surface area (Å²) in [6, 6.07) is 12.0. The number of fused-ring (bicyclic) bond motifs is 1. The van der Waals surface area contributed by atoms with E-state index in [1.54, 1.807) is 30.8 Å². The molecule has 6 nitrogen and oxygen atoms in total. The minimum atomic E-state index is -3.65. The van der Waals surface area contributed by atoms with E-state index in [2.05, 4.69) is 10.6 Å². The molecule has 0 saturated carbocycles.